The fourth-order valence-electron chi connectivity index (χ4n) is 7.21. The van der Waals surface area contributed by atoms with E-state index in [9.17, 15) is 0 Å². The number of benzene rings is 7. The number of rotatable bonds is 3. The first-order chi connectivity index (χ1) is 21.3. The van der Waals surface area contributed by atoms with Crippen molar-refractivity contribution < 1.29 is 4.74 Å². The van der Waals surface area contributed by atoms with Crippen LogP contribution in [0.2, 0.25) is 0 Å². The minimum atomic E-state index is 0.0351. The third kappa shape index (κ3) is 3.86. The predicted molar refractivity (Wildman–Crippen MR) is 180 cm³/mol. The standard InChI is InChI=1S/C42H28O/c1-2-11-27(12-3-1)28-15-10-16-31(23-28)41-34-17-6-8-19-36(34)42(37-20-9-7-18-35(37)41)32-21-22-33-38-24-29-13-4-5-14-30(29)25-40(38)43-39(33)26-32/h1-26,38,40H. The van der Waals surface area contributed by atoms with Gasteiger partial charge in [0.15, 0.2) is 0 Å². The summed E-state index contributed by atoms with van der Waals surface area (Å²) in [6.07, 6.45) is 4.69. The predicted octanol–water partition coefficient (Wildman–Crippen LogP) is 9.11. The molecule has 0 spiro atoms. The second kappa shape index (κ2) is 9.58. The molecule has 7 aromatic carbocycles. The summed E-state index contributed by atoms with van der Waals surface area (Å²) in [7, 11) is 0. The average molecular weight is 549 g/mol. The molecule has 0 bridgehead atoms. The Hall–Kier alpha value is -5.40. The maximum Gasteiger partial charge on any atom is 0.128 e. The van der Waals surface area contributed by atoms with E-state index in [0.29, 0.717) is 0 Å². The van der Waals surface area contributed by atoms with Crippen LogP contribution >= 0.6 is 0 Å². The zero-order valence-electron chi connectivity index (χ0n) is 23.6. The third-order valence-corrected chi connectivity index (χ3v) is 9.17. The first kappa shape index (κ1) is 24.2. The van der Waals surface area contributed by atoms with Gasteiger partial charge in [0.2, 0.25) is 0 Å². The monoisotopic (exact) mass is 548 g/mol. The summed E-state index contributed by atoms with van der Waals surface area (Å²) < 4.78 is 6.62. The first-order valence-corrected chi connectivity index (χ1v) is 15.0. The maximum atomic E-state index is 6.62. The SMILES string of the molecule is C1=c2ccccc2=CC2c3ccc(-c4c5ccccc5c(-c5cccc(-c6ccccc6)c5)c5ccccc45)cc3OC12. The lowest BCUT2D eigenvalue weighted by Gasteiger charge is -2.18. The molecule has 2 unspecified atom stereocenters. The molecule has 1 heterocycles. The minimum absolute atomic E-state index is 0.0351. The summed E-state index contributed by atoms with van der Waals surface area (Å²) in [5.41, 5.74) is 8.67. The molecule has 9 rings (SSSR count). The van der Waals surface area contributed by atoms with Crippen molar-refractivity contribution in [2.45, 2.75) is 12.0 Å². The highest BCUT2D eigenvalue weighted by atomic mass is 16.5. The van der Waals surface area contributed by atoms with Crippen LogP contribution in [0.3, 0.4) is 0 Å². The lowest BCUT2D eigenvalue weighted by atomic mass is 9.84. The smallest absolute Gasteiger partial charge is 0.128 e. The molecule has 7 aromatic rings. The zero-order chi connectivity index (χ0) is 28.3. The normalized spacial score (nSPS) is 16.5. The van der Waals surface area contributed by atoms with Gasteiger partial charge in [-0.2, -0.15) is 0 Å². The van der Waals surface area contributed by atoms with E-state index in [1.54, 1.807) is 0 Å². The van der Waals surface area contributed by atoms with Crippen molar-refractivity contribution in [3.8, 4) is 39.1 Å². The van der Waals surface area contributed by atoms with Gasteiger partial charge in [0.05, 0.1) is 0 Å². The Bertz CT molecular complexity index is 2270. The summed E-state index contributed by atoms with van der Waals surface area (Å²) in [5.74, 6) is 1.23. The molecule has 43 heavy (non-hydrogen) atoms. The zero-order valence-corrected chi connectivity index (χ0v) is 23.6. The quantitative estimate of drug-likeness (QED) is 0.200. The van der Waals surface area contributed by atoms with E-state index >= 15 is 0 Å². The molecule has 1 nitrogen and oxygen atoms in total. The third-order valence-electron chi connectivity index (χ3n) is 9.17. The summed E-state index contributed by atoms with van der Waals surface area (Å²) in [4.78, 5) is 0. The van der Waals surface area contributed by atoms with E-state index < -0.39 is 0 Å². The summed E-state index contributed by atoms with van der Waals surface area (Å²) in [6, 6.07) is 52.7. The van der Waals surface area contributed by atoms with E-state index in [2.05, 4.69) is 158 Å². The highest BCUT2D eigenvalue weighted by Crippen LogP contribution is 2.47. The van der Waals surface area contributed by atoms with Crippen LogP contribution in [0.25, 0.3) is 67.1 Å². The fourth-order valence-corrected chi connectivity index (χ4v) is 7.21. The number of hydrogen-bond acceptors (Lipinski definition) is 1. The van der Waals surface area contributed by atoms with Gasteiger partial charge in [-0.05, 0) is 83.6 Å². The van der Waals surface area contributed by atoms with Crippen molar-refractivity contribution in [1.29, 1.82) is 0 Å². The van der Waals surface area contributed by atoms with E-state index in [4.69, 9.17) is 4.74 Å². The van der Waals surface area contributed by atoms with E-state index in [1.807, 2.05) is 0 Å². The van der Waals surface area contributed by atoms with Crippen LogP contribution in [0.1, 0.15) is 11.5 Å². The van der Waals surface area contributed by atoms with E-state index in [0.717, 1.165) is 5.75 Å². The van der Waals surface area contributed by atoms with Crippen LogP contribution < -0.4 is 15.2 Å². The van der Waals surface area contributed by atoms with Crippen LogP contribution in [0.4, 0.5) is 0 Å². The Morgan fingerprint density at radius 2 is 0.930 bits per heavy atom. The Kier molecular flexibility index (Phi) is 5.39. The second-order valence-electron chi connectivity index (χ2n) is 11.6. The highest BCUT2D eigenvalue weighted by molar-refractivity contribution is 6.21. The van der Waals surface area contributed by atoms with E-state index in [1.165, 1.54) is 70.9 Å². The number of hydrogen-bond donors (Lipinski definition) is 0. The lowest BCUT2D eigenvalue weighted by Crippen LogP contribution is -2.33. The van der Waals surface area contributed by atoms with Crippen LogP contribution in [-0.2, 0) is 0 Å². The molecule has 1 aliphatic heterocycles. The van der Waals surface area contributed by atoms with Gasteiger partial charge in [-0.3, -0.25) is 0 Å². The molecule has 1 heteroatoms. The summed E-state index contributed by atoms with van der Waals surface area (Å²) in [5, 5.41) is 7.56. The molecule has 202 valence electrons. The molecule has 0 N–H and O–H groups in total. The van der Waals surface area contributed by atoms with Crippen LogP contribution in [-0.4, -0.2) is 6.10 Å². The molecule has 0 saturated heterocycles. The molecule has 2 atom stereocenters. The highest BCUT2D eigenvalue weighted by Gasteiger charge is 2.33. The van der Waals surface area contributed by atoms with Crippen LogP contribution in [0, 0.1) is 0 Å². The van der Waals surface area contributed by atoms with Gasteiger partial charge < -0.3 is 4.74 Å². The van der Waals surface area contributed by atoms with Gasteiger partial charge >= 0.3 is 0 Å². The van der Waals surface area contributed by atoms with Crippen molar-refractivity contribution in [3.05, 3.63) is 162 Å². The summed E-state index contributed by atoms with van der Waals surface area (Å²) >= 11 is 0. The first-order valence-electron chi connectivity index (χ1n) is 15.0. The molecule has 0 radical (unpaired) electrons. The van der Waals surface area contributed by atoms with Crippen molar-refractivity contribution in [1.82, 2.24) is 0 Å². The van der Waals surface area contributed by atoms with Gasteiger partial charge in [-0.1, -0.05) is 140 Å². The van der Waals surface area contributed by atoms with Crippen LogP contribution in [0.15, 0.2) is 146 Å². The number of ether oxygens (including phenoxy) is 1. The van der Waals surface area contributed by atoms with Gasteiger partial charge in [-0.25, -0.2) is 0 Å². The lowest BCUT2D eigenvalue weighted by molar-refractivity contribution is 0.288. The molecule has 2 aliphatic rings. The Morgan fingerprint density at radius 3 is 1.60 bits per heavy atom. The minimum Gasteiger partial charge on any atom is -0.485 e. The van der Waals surface area contributed by atoms with Crippen molar-refractivity contribution in [2.24, 2.45) is 0 Å². The average Bonchev–Trinajstić information content (AvgIpc) is 3.43. The van der Waals surface area contributed by atoms with Crippen molar-refractivity contribution in [2.75, 3.05) is 0 Å². The molecular formula is C42H28O. The van der Waals surface area contributed by atoms with Gasteiger partial charge in [0.1, 0.15) is 11.9 Å². The molecule has 0 amide bonds. The molecule has 0 fully saturated rings. The van der Waals surface area contributed by atoms with Gasteiger partial charge in [0.25, 0.3) is 0 Å². The van der Waals surface area contributed by atoms with Crippen molar-refractivity contribution >= 4 is 33.7 Å². The largest absolute Gasteiger partial charge is 0.485 e. The Morgan fingerprint density at radius 1 is 0.395 bits per heavy atom. The number of fused-ring (bicyclic) bond motifs is 6. The molecule has 0 saturated carbocycles. The van der Waals surface area contributed by atoms with Gasteiger partial charge in [0, 0.05) is 11.5 Å². The molecule has 1 aliphatic carbocycles. The molecule has 0 aromatic heterocycles. The van der Waals surface area contributed by atoms with Crippen molar-refractivity contribution in [3.63, 3.8) is 0 Å². The maximum absolute atomic E-state index is 6.62. The Balaban J connectivity index is 1.24. The Labute approximate surface area is 250 Å². The van der Waals surface area contributed by atoms with E-state index in [-0.39, 0.29) is 12.0 Å². The molecular weight excluding hydrogens is 520 g/mol. The summed E-state index contributed by atoms with van der Waals surface area (Å²) in [6.45, 7) is 0. The topological polar surface area (TPSA) is 9.23 Å². The second-order valence-corrected chi connectivity index (χ2v) is 11.6. The fraction of sp³-hybridized carbons (Fsp3) is 0.0476. The van der Waals surface area contributed by atoms with Gasteiger partial charge in [-0.15, -0.1) is 0 Å². The van der Waals surface area contributed by atoms with Crippen LogP contribution in [0.5, 0.6) is 5.75 Å².